The number of unbranched alkanes of at least 4 members (excludes halogenated alkanes) is 6. The van der Waals surface area contributed by atoms with Crippen molar-refractivity contribution in [2.45, 2.75) is 77.9 Å². The molecule has 0 amide bonds. The van der Waals surface area contributed by atoms with E-state index in [2.05, 4.69) is 26.3 Å². The first kappa shape index (κ1) is 33.1. The maximum Gasteiger partial charge on any atom is 0.417 e. The zero-order valence-corrected chi connectivity index (χ0v) is 26.7. The molecule has 6 nitrogen and oxygen atoms in total. The second-order valence-electron chi connectivity index (χ2n) is 12.3. The van der Waals surface area contributed by atoms with Crippen LogP contribution in [0.2, 0.25) is 0 Å². The number of aromatic nitrogens is 2. The van der Waals surface area contributed by atoms with Gasteiger partial charge in [-0.25, -0.2) is 0 Å². The summed E-state index contributed by atoms with van der Waals surface area (Å²) < 4.78 is 50.0. The predicted octanol–water partition coefficient (Wildman–Crippen LogP) is 7.80. The zero-order chi connectivity index (χ0) is 31.8. The van der Waals surface area contributed by atoms with Gasteiger partial charge in [0.15, 0.2) is 0 Å². The van der Waals surface area contributed by atoms with Crippen molar-refractivity contribution in [1.29, 1.82) is 0 Å². The number of piperazine rings is 1. The SMILES string of the molecule is CCc1c(C)c2c3c(C(F)(F)F)cc(=O)[nH]c3ccc2n1CCCCCCCCCN1CCN(CCOc2ccccc2)CC1. The van der Waals surface area contributed by atoms with E-state index in [0.717, 1.165) is 87.7 Å². The molecule has 0 aliphatic carbocycles. The number of fused-ring (bicyclic) bond motifs is 3. The standard InChI is InChI=1S/C36H47F3N4O2/c1-3-31-27(2)34-32(17-16-30-35(34)29(36(37,38)39)26-33(44)40-30)43(31)19-13-8-6-4-5-7-12-18-41-20-22-42(23-21-41)24-25-45-28-14-10-9-11-15-28/h9-11,14-17,26H,3-8,12-13,18-25H2,1-2H3,(H,40,44). The molecule has 0 spiro atoms. The van der Waals surface area contributed by atoms with E-state index in [4.69, 9.17) is 4.74 Å². The van der Waals surface area contributed by atoms with E-state index in [1.165, 1.54) is 38.6 Å². The Balaban J connectivity index is 1.01. The minimum atomic E-state index is -4.60. The molecule has 5 rings (SSSR count). The van der Waals surface area contributed by atoms with Gasteiger partial charge in [0, 0.05) is 72.8 Å². The Hall–Kier alpha value is -3.30. The smallest absolute Gasteiger partial charge is 0.417 e. The van der Waals surface area contributed by atoms with Gasteiger partial charge in [0.05, 0.1) is 5.56 Å². The van der Waals surface area contributed by atoms with Crippen molar-refractivity contribution in [3.63, 3.8) is 0 Å². The molecule has 244 valence electrons. The molecule has 0 bridgehead atoms. The average molecular weight is 625 g/mol. The van der Waals surface area contributed by atoms with Crippen LogP contribution in [0.3, 0.4) is 0 Å². The largest absolute Gasteiger partial charge is 0.492 e. The van der Waals surface area contributed by atoms with Crippen LogP contribution in [0.15, 0.2) is 53.3 Å². The number of nitrogens with zero attached hydrogens (tertiary/aromatic N) is 3. The fourth-order valence-corrected chi connectivity index (χ4v) is 6.91. The number of hydrogen-bond donors (Lipinski definition) is 1. The highest BCUT2D eigenvalue weighted by Gasteiger charge is 2.34. The molecule has 0 radical (unpaired) electrons. The van der Waals surface area contributed by atoms with Gasteiger partial charge in [0.1, 0.15) is 12.4 Å². The molecule has 1 fully saturated rings. The van der Waals surface area contributed by atoms with Crippen molar-refractivity contribution in [2.75, 3.05) is 45.9 Å². The van der Waals surface area contributed by atoms with Crippen molar-refractivity contribution >= 4 is 21.8 Å². The Morgan fingerprint density at radius 2 is 1.42 bits per heavy atom. The lowest BCUT2D eigenvalue weighted by atomic mass is 10.0. The summed E-state index contributed by atoms with van der Waals surface area (Å²) in [5, 5.41) is 0.701. The zero-order valence-electron chi connectivity index (χ0n) is 26.7. The van der Waals surface area contributed by atoms with Crippen LogP contribution in [0, 0.1) is 6.92 Å². The minimum absolute atomic E-state index is 0.0980. The van der Waals surface area contributed by atoms with Gasteiger partial charge in [0.2, 0.25) is 5.56 Å². The molecule has 3 heterocycles. The number of para-hydroxylation sites is 1. The van der Waals surface area contributed by atoms with E-state index in [1.807, 2.05) is 43.3 Å². The number of rotatable bonds is 15. The summed E-state index contributed by atoms with van der Waals surface area (Å²) in [6, 6.07) is 14.2. The quantitative estimate of drug-likeness (QED) is 0.137. The van der Waals surface area contributed by atoms with Crippen LogP contribution in [0.5, 0.6) is 5.75 Å². The summed E-state index contributed by atoms with van der Waals surface area (Å²) in [6.07, 6.45) is 4.36. The average Bonchev–Trinajstić information content (AvgIpc) is 3.30. The Morgan fingerprint density at radius 1 is 0.800 bits per heavy atom. The highest BCUT2D eigenvalue weighted by molar-refractivity contribution is 6.09. The summed E-state index contributed by atoms with van der Waals surface area (Å²) in [4.78, 5) is 19.6. The van der Waals surface area contributed by atoms with Gasteiger partial charge < -0.3 is 19.2 Å². The molecule has 1 aliphatic rings. The first-order valence-corrected chi connectivity index (χ1v) is 16.6. The molecule has 9 heteroatoms. The number of nitrogens with one attached hydrogen (secondary N) is 1. The number of aromatic amines is 1. The first-order valence-electron chi connectivity index (χ1n) is 16.6. The fourth-order valence-electron chi connectivity index (χ4n) is 6.91. The number of pyridine rings is 1. The Labute approximate surface area is 264 Å². The number of halogens is 3. The number of benzene rings is 2. The Bertz CT molecular complexity index is 1590. The molecule has 1 saturated heterocycles. The normalized spacial score (nSPS) is 15.0. The van der Waals surface area contributed by atoms with E-state index in [9.17, 15) is 18.0 Å². The predicted molar refractivity (Wildman–Crippen MR) is 176 cm³/mol. The van der Waals surface area contributed by atoms with Crippen molar-refractivity contribution < 1.29 is 17.9 Å². The molecular weight excluding hydrogens is 577 g/mol. The van der Waals surface area contributed by atoms with E-state index in [-0.39, 0.29) is 10.9 Å². The van der Waals surface area contributed by atoms with Crippen LogP contribution in [-0.2, 0) is 19.1 Å². The molecule has 4 aromatic rings. The topological polar surface area (TPSA) is 53.5 Å². The van der Waals surface area contributed by atoms with Gasteiger partial charge in [-0.3, -0.25) is 9.69 Å². The lowest BCUT2D eigenvalue weighted by molar-refractivity contribution is -0.136. The van der Waals surface area contributed by atoms with E-state index in [1.54, 1.807) is 6.07 Å². The highest BCUT2D eigenvalue weighted by Crippen LogP contribution is 2.39. The number of H-pyrrole nitrogens is 1. The van der Waals surface area contributed by atoms with Crippen LogP contribution in [0.4, 0.5) is 13.2 Å². The molecule has 0 atom stereocenters. The molecule has 0 unspecified atom stereocenters. The molecule has 1 N–H and O–H groups in total. The fraction of sp³-hybridized carbons (Fsp3) is 0.528. The van der Waals surface area contributed by atoms with Crippen molar-refractivity contribution in [1.82, 2.24) is 19.4 Å². The monoisotopic (exact) mass is 624 g/mol. The maximum absolute atomic E-state index is 14.0. The van der Waals surface area contributed by atoms with E-state index in [0.29, 0.717) is 11.5 Å². The summed E-state index contributed by atoms with van der Waals surface area (Å²) in [5.74, 6) is 0.937. The van der Waals surface area contributed by atoms with Crippen LogP contribution in [0.1, 0.15) is 68.7 Å². The van der Waals surface area contributed by atoms with Gasteiger partial charge in [-0.2, -0.15) is 13.2 Å². The lowest BCUT2D eigenvalue weighted by Crippen LogP contribution is -2.47. The van der Waals surface area contributed by atoms with Gasteiger partial charge in [-0.15, -0.1) is 0 Å². The first-order chi connectivity index (χ1) is 21.8. The molecular formula is C36H47F3N4O2. The lowest BCUT2D eigenvalue weighted by Gasteiger charge is -2.34. The third kappa shape index (κ3) is 8.30. The summed E-state index contributed by atoms with van der Waals surface area (Å²) in [6.45, 7) is 12.1. The molecule has 0 saturated carbocycles. The van der Waals surface area contributed by atoms with Crippen LogP contribution >= 0.6 is 0 Å². The van der Waals surface area contributed by atoms with Gasteiger partial charge in [-0.1, -0.05) is 57.2 Å². The molecule has 2 aromatic carbocycles. The maximum atomic E-state index is 14.0. The van der Waals surface area contributed by atoms with Gasteiger partial charge >= 0.3 is 6.18 Å². The number of hydrogen-bond acceptors (Lipinski definition) is 4. The van der Waals surface area contributed by atoms with E-state index >= 15 is 0 Å². The van der Waals surface area contributed by atoms with Crippen LogP contribution < -0.4 is 10.3 Å². The second kappa shape index (κ2) is 15.3. The second-order valence-corrected chi connectivity index (χ2v) is 12.3. The number of ether oxygens (including phenoxy) is 1. The van der Waals surface area contributed by atoms with Gasteiger partial charge in [-0.05, 0) is 62.6 Å². The number of alkyl halides is 3. The Morgan fingerprint density at radius 3 is 2.07 bits per heavy atom. The number of aryl methyl sites for hydroxylation is 2. The van der Waals surface area contributed by atoms with Crippen molar-refractivity contribution in [3.8, 4) is 5.75 Å². The Kier molecular flexibility index (Phi) is 11.3. The van der Waals surface area contributed by atoms with Crippen LogP contribution in [-0.4, -0.2) is 65.2 Å². The summed E-state index contributed by atoms with van der Waals surface area (Å²) >= 11 is 0. The molecule has 2 aromatic heterocycles. The van der Waals surface area contributed by atoms with Crippen molar-refractivity contribution in [3.05, 3.63) is 75.7 Å². The molecule has 45 heavy (non-hydrogen) atoms. The summed E-state index contributed by atoms with van der Waals surface area (Å²) in [5.41, 5.74) is 1.39. The van der Waals surface area contributed by atoms with E-state index < -0.39 is 17.3 Å². The molecule has 1 aliphatic heterocycles. The van der Waals surface area contributed by atoms with Crippen LogP contribution in [0.25, 0.3) is 21.8 Å². The van der Waals surface area contributed by atoms with Crippen molar-refractivity contribution in [2.24, 2.45) is 0 Å². The summed E-state index contributed by atoms with van der Waals surface area (Å²) in [7, 11) is 0. The highest BCUT2D eigenvalue weighted by atomic mass is 19.4. The minimum Gasteiger partial charge on any atom is -0.492 e. The third-order valence-electron chi connectivity index (χ3n) is 9.29. The third-order valence-corrected chi connectivity index (χ3v) is 9.29. The van der Waals surface area contributed by atoms with Gasteiger partial charge in [0.25, 0.3) is 0 Å².